The number of hydrogen-bond acceptors (Lipinski definition) is 2. The van der Waals surface area contributed by atoms with E-state index >= 15 is 0 Å². The number of halogens is 1. The van der Waals surface area contributed by atoms with Crippen LogP contribution < -0.4 is 4.74 Å². The van der Waals surface area contributed by atoms with E-state index in [1.165, 1.54) is 12.1 Å². The highest BCUT2D eigenvalue weighted by Gasteiger charge is 2.07. The van der Waals surface area contributed by atoms with Crippen LogP contribution in [-0.2, 0) is 4.79 Å². The molecule has 1 aromatic rings. The van der Waals surface area contributed by atoms with Crippen LogP contribution in [0.1, 0.15) is 26.2 Å². The van der Waals surface area contributed by atoms with Crippen LogP contribution in [0.3, 0.4) is 0 Å². The van der Waals surface area contributed by atoms with Gasteiger partial charge >= 0.3 is 5.97 Å². The highest BCUT2D eigenvalue weighted by Crippen LogP contribution is 2.16. The van der Waals surface area contributed by atoms with Crippen LogP contribution in [0, 0.1) is 5.82 Å². The van der Waals surface area contributed by atoms with E-state index in [-0.39, 0.29) is 11.7 Å². The summed E-state index contributed by atoms with van der Waals surface area (Å²) in [5, 5.41) is 0. The number of unbranched alkanes of at least 4 members (excludes halogenated alkanes) is 1. The quantitative estimate of drug-likeness (QED) is 0.546. The Bertz CT molecular complexity index is 310. The number of esters is 1. The Morgan fingerprint density at radius 2 is 2.14 bits per heavy atom. The Labute approximate surface area is 82.7 Å². The normalized spacial score (nSPS) is 9.86. The lowest BCUT2D eigenvalue weighted by Crippen LogP contribution is -2.08. The van der Waals surface area contributed by atoms with Gasteiger partial charge in [-0.15, -0.1) is 0 Å². The minimum Gasteiger partial charge on any atom is -0.423 e. The van der Waals surface area contributed by atoms with Gasteiger partial charge in [-0.3, -0.25) is 4.79 Å². The summed E-state index contributed by atoms with van der Waals surface area (Å²) in [7, 11) is 0. The van der Waals surface area contributed by atoms with Crippen LogP contribution in [0.25, 0.3) is 0 Å². The number of hydrogen-bond donors (Lipinski definition) is 0. The molecule has 0 spiro atoms. The highest BCUT2D eigenvalue weighted by molar-refractivity contribution is 5.72. The number of carbonyl (C=O) groups excluding carboxylic acids is 1. The fourth-order valence-corrected chi connectivity index (χ4v) is 1.02. The first-order chi connectivity index (χ1) is 6.74. The monoisotopic (exact) mass is 196 g/mol. The summed E-state index contributed by atoms with van der Waals surface area (Å²) >= 11 is 0. The molecule has 76 valence electrons. The third-order valence-corrected chi connectivity index (χ3v) is 1.79. The van der Waals surface area contributed by atoms with E-state index in [1.54, 1.807) is 12.1 Å². The number of benzene rings is 1. The molecule has 14 heavy (non-hydrogen) atoms. The molecular formula is C11H13FO2. The van der Waals surface area contributed by atoms with E-state index in [2.05, 4.69) is 0 Å². The number of carbonyl (C=O) groups is 1. The first kappa shape index (κ1) is 10.7. The summed E-state index contributed by atoms with van der Waals surface area (Å²) in [6.45, 7) is 1.98. The van der Waals surface area contributed by atoms with Gasteiger partial charge in [-0.05, 0) is 18.6 Å². The minimum atomic E-state index is -0.502. The van der Waals surface area contributed by atoms with Crippen molar-refractivity contribution in [1.82, 2.24) is 0 Å². The Morgan fingerprint density at radius 3 is 2.79 bits per heavy atom. The summed E-state index contributed by atoms with van der Waals surface area (Å²) in [6, 6.07) is 5.89. The fraction of sp³-hybridized carbons (Fsp3) is 0.364. The molecule has 3 heteroatoms. The average molecular weight is 196 g/mol. The maximum absolute atomic E-state index is 13.0. The second-order valence-corrected chi connectivity index (χ2v) is 3.01. The van der Waals surface area contributed by atoms with Crippen LogP contribution >= 0.6 is 0 Å². The molecule has 0 saturated heterocycles. The van der Waals surface area contributed by atoms with E-state index in [0.29, 0.717) is 6.42 Å². The molecule has 0 radical (unpaired) electrons. The van der Waals surface area contributed by atoms with E-state index in [4.69, 9.17) is 4.74 Å². The molecule has 0 N–H and O–H groups in total. The zero-order valence-electron chi connectivity index (χ0n) is 8.13. The van der Waals surface area contributed by atoms with Crippen molar-refractivity contribution in [3.8, 4) is 5.75 Å². The molecule has 1 aromatic carbocycles. The Kier molecular flexibility index (Phi) is 4.11. The molecule has 0 atom stereocenters. The molecule has 2 nitrogen and oxygen atoms in total. The summed E-state index contributed by atoms with van der Waals surface area (Å²) in [5.74, 6) is -0.872. The van der Waals surface area contributed by atoms with Crippen molar-refractivity contribution in [2.45, 2.75) is 26.2 Å². The highest BCUT2D eigenvalue weighted by atomic mass is 19.1. The molecule has 1 rings (SSSR count). The van der Waals surface area contributed by atoms with Gasteiger partial charge in [0.15, 0.2) is 11.6 Å². The van der Waals surface area contributed by atoms with Gasteiger partial charge in [0, 0.05) is 6.42 Å². The van der Waals surface area contributed by atoms with Crippen molar-refractivity contribution in [1.29, 1.82) is 0 Å². The predicted molar refractivity (Wildman–Crippen MR) is 51.6 cm³/mol. The molecule has 0 saturated carbocycles. The zero-order chi connectivity index (χ0) is 10.4. The number of rotatable bonds is 4. The first-order valence-electron chi connectivity index (χ1n) is 4.69. The zero-order valence-corrected chi connectivity index (χ0v) is 8.13. The lowest BCUT2D eigenvalue weighted by molar-refractivity contribution is -0.134. The maximum atomic E-state index is 13.0. The van der Waals surface area contributed by atoms with E-state index in [1.807, 2.05) is 6.92 Å². The fourth-order valence-electron chi connectivity index (χ4n) is 1.02. The summed E-state index contributed by atoms with van der Waals surface area (Å²) in [6.07, 6.45) is 2.03. The molecule has 0 fully saturated rings. The topological polar surface area (TPSA) is 26.3 Å². The summed E-state index contributed by atoms with van der Waals surface area (Å²) in [4.78, 5) is 11.1. The largest absolute Gasteiger partial charge is 0.423 e. The number of ether oxygens (including phenoxy) is 1. The number of para-hydroxylation sites is 1. The Morgan fingerprint density at radius 1 is 1.43 bits per heavy atom. The SMILES string of the molecule is CCCCC(=O)Oc1ccccc1F. The van der Waals surface area contributed by atoms with E-state index in [0.717, 1.165) is 12.8 Å². The third-order valence-electron chi connectivity index (χ3n) is 1.79. The standard InChI is InChI=1S/C11H13FO2/c1-2-3-8-11(13)14-10-7-5-4-6-9(10)12/h4-7H,2-3,8H2,1H3. The van der Waals surface area contributed by atoms with Crippen molar-refractivity contribution in [3.63, 3.8) is 0 Å². The van der Waals surface area contributed by atoms with Gasteiger partial charge in [-0.1, -0.05) is 25.5 Å². The molecule has 0 amide bonds. The molecule has 0 aromatic heterocycles. The van der Waals surface area contributed by atoms with Gasteiger partial charge in [0.25, 0.3) is 0 Å². The van der Waals surface area contributed by atoms with Crippen LogP contribution in [-0.4, -0.2) is 5.97 Å². The molecule has 0 bridgehead atoms. The second-order valence-electron chi connectivity index (χ2n) is 3.01. The van der Waals surface area contributed by atoms with E-state index in [9.17, 15) is 9.18 Å². The van der Waals surface area contributed by atoms with Gasteiger partial charge in [-0.25, -0.2) is 4.39 Å². The van der Waals surface area contributed by atoms with Crippen LogP contribution in [0.4, 0.5) is 4.39 Å². The van der Waals surface area contributed by atoms with Crippen molar-refractivity contribution >= 4 is 5.97 Å². The van der Waals surface area contributed by atoms with Gasteiger partial charge in [0.05, 0.1) is 0 Å². The van der Waals surface area contributed by atoms with Crippen LogP contribution in [0.15, 0.2) is 24.3 Å². The van der Waals surface area contributed by atoms with Crippen LogP contribution in [0.5, 0.6) is 5.75 Å². The maximum Gasteiger partial charge on any atom is 0.311 e. The van der Waals surface area contributed by atoms with Gasteiger partial charge in [0.1, 0.15) is 0 Å². The molecule has 0 unspecified atom stereocenters. The van der Waals surface area contributed by atoms with Crippen LogP contribution in [0.2, 0.25) is 0 Å². The lowest BCUT2D eigenvalue weighted by Gasteiger charge is -2.03. The van der Waals surface area contributed by atoms with E-state index < -0.39 is 5.82 Å². The smallest absolute Gasteiger partial charge is 0.311 e. The predicted octanol–water partition coefficient (Wildman–Crippen LogP) is 2.92. The first-order valence-corrected chi connectivity index (χ1v) is 4.69. The summed E-state index contributed by atoms with van der Waals surface area (Å²) < 4.78 is 17.8. The van der Waals surface area contributed by atoms with Crippen molar-refractivity contribution in [3.05, 3.63) is 30.1 Å². The Hall–Kier alpha value is -1.38. The van der Waals surface area contributed by atoms with Gasteiger partial charge in [-0.2, -0.15) is 0 Å². The second kappa shape index (κ2) is 5.37. The average Bonchev–Trinajstić information content (AvgIpc) is 2.18. The van der Waals surface area contributed by atoms with Crippen molar-refractivity contribution in [2.75, 3.05) is 0 Å². The molecule has 0 aliphatic heterocycles. The van der Waals surface area contributed by atoms with Crippen molar-refractivity contribution < 1.29 is 13.9 Å². The minimum absolute atomic E-state index is 0.00797. The van der Waals surface area contributed by atoms with Crippen molar-refractivity contribution in [2.24, 2.45) is 0 Å². The summed E-state index contributed by atoms with van der Waals surface area (Å²) in [5.41, 5.74) is 0. The lowest BCUT2D eigenvalue weighted by atomic mass is 10.2. The molecule has 0 heterocycles. The third kappa shape index (κ3) is 3.17. The van der Waals surface area contributed by atoms with Gasteiger partial charge < -0.3 is 4.74 Å². The molecule has 0 aliphatic rings. The van der Waals surface area contributed by atoms with Gasteiger partial charge in [0.2, 0.25) is 0 Å². The molecular weight excluding hydrogens is 183 g/mol. The molecule has 0 aliphatic carbocycles. The Balaban J connectivity index is 2.52.